The third-order valence-electron chi connectivity index (χ3n) is 3.37. The lowest BCUT2D eigenvalue weighted by Gasteiger charge is -2.11. The highest BCUT2D eigenvalue weighted by molar-refractivity contribution is 9.10. The minimum Gasteiger partial charge on any atom is -0.492 e. The van der Waals surface area contributed by atoms with E-state index >= 15 is 0 Å². The van der Waals surface area contributed by atoms with Crippen LogP contribution in [0.1, 0.15) is 17.3 Å². The molecule has 0 aliphatic carbocycles. The average Bonchev–Trinajstić information content (AvgIpc) is 2.56. The third-order valence-corrected chi connectivity index (χ3v) is 3.87. The number of halogens is 1. The summed E-state index contributed by atoms with van der Waals surface area (Å²) in [7, 11) is 0. The van der Waals surface area contributed by atoms with E-state index in [-0.39, 0.29) is 5.56 Å². The maximum Gasteiger partial charge on any atom is 0.349 e. The summed E-state index contributed by atoms with van der Waals surface area (Å²) in [6.07, 6.45) is 0. The molecular formula is C18H14BrNO4. The number of nitrogens with one attached hydrogen (secondary N) is 1. The first-order valence-corrected chi connectivity index (χ1v) is 8.14. The highest BCUT2D eigenvalue weighted by atomic mass is 79.9. The molecule has 5 nitrogen and oxygen atoms in total. The van der Waals surface area contributed by atoms with Crippen LogP contribution < -0.4 is 15.7 Å². The zero-order valence-corrected chi connectivity index (χ0v) is 14.4. The van der Waals surface area contributed by atoms with Gasteiger partial charge < -0.3 is 14.5 Å². The van der Waals surface area contributed by atoms with Crippen LogP contribution in [0.15, 0.2) is 62.2 Å². The van der Waals surface area contributed by atoms with E-state index in [0.29, 0.717) is 29.0 Å². The largest absolute Gasteiger partial charge is 0.492 e. The van der Waals surface area contributed by atoms with Gasteiger partial charge in [-0.3, -0.25) is 4.79 Å². The van der Waals surface area contributed by atoms with E-state index in [2.05, 4.69) is 21.2 Å². The summed E-state index contributed by atoms with van der Waals surface area (Å²) < 4.78 is 11.5. The van der Waals surface area contributed by atoms with Gasteiger partial charge in [0.2, 0.25) is 0 Å². The van der Waals surface area contributed by atoms with Gasteiger partial charge in [0.25, 0.3) is 5.91 Å². The van der Waals surface area contributed by atoms with Crippen molar-refractivity contribution < 1.29 is 13.9 Å². The van der Waals surface area contributed by atoms with Crippen LogP contribution in [0.4, 0.5) is 5.69 Å². The standard InChI is InChI=1S/C18H14BrNO4/c1-2-23-16-6-4-3-5-14(16)20-17(21)13-10-11-9-12(19)7-8-15(11)24-18(13)22/h3-10H,2H2,1H3,(H,20,21). The Morgan fingerprint density at radius 1 is 1.21 bits per heavy atom. The Kier molecular flexibility index (Phi) is 4.66. The molecule has 0 bridgehead atoms. The maximum absolute atomic E-state index is 12.5. The van der Waals surface area contributed by atoms with Crippen LogP contribution in [0, 0.1) is 0 Å². The molecule has 0 saturated carbocycles. The number of amides is 1. The summed E-state index contributed by atoms with van der Waals surface area (Å²) in [5, 5.41) is 3.36. The molecule has 0 fully saturated rings. The number of rotatable bonds is 4. The van der Waals surface area contributed by atoms with E-state index in [9.17, 15) is 9.59 Å². The van der Waals surface area contributed by atoms with Gasteiger partial charge in [0.15, 0.2) is 0 Å². The van der Waals surface area contributed by atoms with Gasteiger partial charge in [-0.15, -0.1) is 0 Å². The minimum atomic E-state index is -0.684. The second-order valence-electron chi connectivity index (χ2n) is 5.01. The van der Waals surface area contributed by atoms with E-state index in [1.807, 2.05) is 13.0 Å². The predicted octanol–water partition coefficient (Wildman–Crippen LogP) is 4.21. The third kappa shape index (κ3) is 3.33. The van der Waals surface area contributed by atoms with E-state index < -0.39 is 11.5 Å². The van der Waals surface area contributed by atoms with E-state index in [4.69, 9.17) is 9.15 Å². The molecule has 3 aromatic rings. The second-order valence-corrected chi connectivity index (χ2v) is 5.93. The zero-order chi connectivity index (χ0) is 17.1. The van der Waals surface area contributed by atoms with Crippen molar-refractivity contribution in [3.05, 3.63) is 69.0 Å². The Balaban J connectivity index is 1.97. The molecule has 1 heterocycles. The number of hydrogen-bond donors (Lipinski definition) is 1. The number of anilines is 1. The lowest BCUT2D eigenvalue weighted by Crippen LogP contribution is -2.21. The molecule has 122 valence electrons. The number of carbonyl (C=O) groups is 1. The Bertz CT molecular complexity index is 965. The molecule has 2 aromatic carbocycles. The first-order valence-electron chi connectivity index (χ1n) is 7.35. The van der Waals surface area contributed by atoms with Crippen molar-refractivity contribution in [2.24, 2.45) is 0 Å². The van der Waals surface area contributed by atoms with Crippen molar-refractivity contribution in [3.63, 3.8) is 0 Å². The summed E-state index contributed by atoms with van der Waals surface area (Å²) >= 11 is 3.36. The molecule has 1 amide bonds. The van der Waals surface area contributed by atoms with Gasteiger partial charge in [-0.25, -0.2) is 4.79 Å². The van der Waals surface area contributed by atoms with Gasteiger partial charge in [-0.2, -0.15) is 0 Å². The molecule has 0 aliphatic rings. The Labute approximate surface area is 146 Å². The van der Waals surface area contributed by atoms with Crippen LogP contribution in [-0.4, -0.2) is 12.5 Å². The number of carbonyl (C=O) groups excluding carboxylic acids is 1. The normalized spacial score (nSPS) is 10.6. The van der Waals surface area contributed by atoms with Gasteiger partial charge in [0.1, 0.15) is 16.9 Å². The number of para-hydroxylation sites is 2. The number of fused-ring (bicyclic) bond motifs is 1. The van der Waals surface area contributed by atoms with Crippen LogP contribution in [0.5, 0.6) is 5.75 Å². The molecule has 6 heteroatoms. The fraction of sp³-hybridized carbons (Fsp3) is 0.111. The van der Waals surface area contributed by atoms with E-state index in [0.717, 1.165) is 4.47 Å². The minimum absolute atomic E-state index is 0.0631. The number of hydrogen-bond acceptors (Lipinski definition) is 4. The molecule has 0 saturated heterocycles. The molecule has 1 N–H and O–H groups in total. The first kappa shape index (κ1) is 16.3. The molecule has 0 aliphatic heterocycles. The summed E-state index contributed by atoms with van der Waals surface area (Å²) in [5.74, 6) is -0.000880. The van der Waals surface area contributed by atoms with Gasteiger partial charge in [0.05, 0.1) is 12.3 Å². The summed E-state index contributed by atoms with van der Waals surface area (Å²) in [6, 6.07) is 13.8. The summed E-state index contributed by atoms with van der Waals surface area (Å²) in [6.45, 7) is 2.33. The highest BCUT2D eigenvalue weighted by Gasteiger charge is 2.15. The quantitative estimate of drug-likeness (QED) is 0.680. The molecule has 0 spiro atoms. The van der Waals surface area contributed by atoms with Crippen molar-refractivity contribution in [2.45, 2.75) is 6.92 Å². The topological polar surface area (TPSA) is 68.5 Å². The smallest absolute Gasteiger partial charge is 0.349 e. The molecule has 1 aromatic heterocycles. The van der Waals surface area contributed by atoms with E-state index in [1.54, 1.807) is 36.4 Å². The summed E-state index contributed by atoms with van der Waals surface area (Å²) in [4.78, 5) is 24.6. The van der Waals surface area contributed by atoms with Crippen molar-refractivity contribution in [1.82, 2.24) is 0 Å². The molecule has 24 heavy (non-hydrogen) atoms. The molecule has 0 atom stereocenters. The van der Waals surface area contributed by atoms with Crippen molar-refractivity contribution in [3.8, 4) is 5.75 Å². The molecular weight excluding hydrogens is 374 g/mol. The SMILES string of the molecule is CCOc1ccccc1NC(=O)c1cc2cc(Br)ccc2oc1=O. The molecule has 0 unspecified atom stereocenters. The highest BCUT2D eigenvalue weighted by Crippen LogP contribution is 2.25. The predicted molar refractivity (Wildman–Crippen MR) is 95.7 cm³/mol. The fourth-order valence-electron chi connectivity index (χ4n) is 2.29. The molecule has 3 rings (SSSR count). The van der Waals surface area contributed by atoms with Gasteiger partial charge in [0, 0.05) is 9.86 Å². The lowest BCUT2D eigenvalue weighted by molar-refractivity contribution is 0.102. The fourth-order valence-corrected chi connectivity index (χ4v) is 2.67. The van der Waals surface area contributed by atoms with Gasteiger partial charge in [-0.1, -0.05) is 28.1 Å². The monoisotopic (exact) mass is 387 g/mol. The van der Waals surface area contributed by atoms with Gasteiger partial charge >= 0.3 is 5.63 Å². The number of ether oxygens (including phenoxy) is 1. The lowest BCUT2D eigenvalue weighted by atomic mass is 10.1. The van der Waals surface area contributed by atoms with Crippen molar-refractivity contribution in [1.29, 1.82) is 0 Å². The van der Waals surface area contributed by atoms with Crippen LogP contribution in [-0.2, 0) is 0 Å². The van der Waals surface area contributed by atoms with Crippen LogP contribution >= 0.6 is 15.9 Å². The second kappa shape index (κ2) is 6.88. The van der Waals surface area contributed by atoms with Crippen molar-refractivity contribution in [2.75, 3.05) is 11.9 Å². The zero-order valence-electron chi connectivity index (χ0n) is 12.8. The van der Waals surface area contributed by atoms with E-state index in [1.165, 1.54) is 6.07 Å². The van der Waals surface area contributed by atoms with Crippen LogP contribution in [0.2, 0.25) is 0 Å². The first-order chi connectivity index (χ1) is 11.6. The maximum atomic E-state index is 12.5. The Hall–Kier alpha value is -2.60. The van der Waals surface area contributed by atoms with Crippen molar-refractivity contribution >= 4 is 38.5 Å². The number of benzene rings is 2. The van der Waals surface area contributed by atoms with Crippen LogP contribution in [0.25, 0.3) is 11.0 Å². The Morgan fingerprint density at radius 2 is 2.00 bits per heavy atom. The van der Waals surface area contributed by atoms with Crippen LogP contribution in [0.3, 0.4) is 0 Å². The van der Waals surface area contributed by atoms with Gasteiger partial charge in [-0.05, 0) is 43.3 Å². The summed E-state index contributed by atoms with van der Waals surface area (Å²) in [5.41, 5.74) is 0.177. The molecule has 0 radical (unpaired) electrons. The Morgan fingerprint density at radius 3 is 2.79 bits per heavy atom. The average molecular weight is 388 g/mol.